The maximum absolute atomic E-state index is 3.71. The Bertz CT molecular complexity index is 5580. The van der Waals surface area contributed by atoms with Gasteiger partial charge in [0.1, 0.15) is 0 Å². The van der Waals surface area contributed by atoms with Crippen molar-refractivity contribution in [3.05, 3.63) is 408 Å². The lowest BCUT2D eigenvalue weighted by Gasteiger charge is -2.45. The van der Waals surface area contributed by atoms with Gasteiger partial charge in [0.2, 0.25) is 0 Å². The van der Waals surface area contributed by atoms with E-state index in [4.69, 9.17) is 0 Å². The molecule has 476 valence electrons. The highest BCUT2D eigenvalue weighted by Crippen LogP contribution is 2.64. The zero-order valence-electron chi connectivity index (χ0n) is 56.5. The minimum Gasteiger partial charge on any atom is -0.355 e. The minimum absolute atomic E-state index is 0.00357. The van der Waals surface area contributed by atoms with Gasteiger partial charge >= 0.3 is 0 Å². The molecule has 0 bridgehead atoms. The number of anilines is 8. The molecule has 0 saturated heterocycles. The van der Waals surface area contributed by atoms with E-state index in [1.54, 1.807) is 0 Å². The quantitative estimate of drug-likeness (QED) is 0.147. The van der Waals surface area contributed by atoms with E-state index in [0.717, 1.165) is 34.1 Å². The monoisotopic (exact) mass is 1280 g/mol. The summed E-state index contributed by atoms with van der Waals surface area (Å²) in [6, 6.07) is 134. The Hall–Kier alpha value is -12.3. The molecule has 4 aliphatic rings. The van der Waals surface area contributed by atoms with E-state index in [1.807, 2.05) is 0 Å². The van der Waals surface area contributed by atoms with Gasteiger partial charge in [-0.15, -0.1) is 0 Å². The minimum atomic E-state index is -0.583. The maximum atomic E-state index is 3.71. The molecule has 15 aromatic carbocycles. The van der Waals surface area contributed by atoms with Gasteiger partial charge in [-0.1, -0.05) is 319 Å². The second-order valence-corrected chi connectivity index (χ2v) is 28.0. The molecular weight excluding hydrogens is 1210 g/mol. The number of hydrogen-bond donors (Lipinski definition) is 1. The summed E-state index contributed by atoms with van der Waals surface area (Å²) in [5, 5.41) is 3.71. The van der Waals surface area contributed by atoms with Crippen LogP contribution in [0.3, 0.4) is 0 Å². The van der Waals surface area contributed by atoms with Crippen LogP contribution in [0.25, 0.3) is 77.9 Å². The van der Waals surface area contributed by atoms with Crippen LogP contribution in [0.5, 0.6) is 0 Å². The lowest BCUT2D eigenvalue weighted by molar-refractivity contribution is 0.660. The number of nitrogens with one attached hydrogen (secondary N) is 1. The fourth-order valence-electron chi connectivity index (χ4n) is 17.0. The second-order valence-electron chi connectivity index (χ2n) is 28.0. The van der Waals surface area contributed by atoms with Gasteiger partial charge in [-0.05, 0) is 184 Å². The standard InChI is InChI=1S/C64H46N2.C33H27N/c1-63(2)54-26-12-9-24-50(54)52-39-37-47(41-58(52)63)65(60-30-16-11-23-49(60)45-35-33-44(34-36-45)43-19-5-3-6-20-43)48-38-40-53-51-25-10-13-27-55(51)64(59(53)42-48)56-28-14-17-31-61(56)66(46-21-7-4-8-22-46)62-32-18-15-29-57(62)64;1-33(2)30-14-8-6-13-28(30)29-21-20-26(22-31(29)33)34-32-15-9-7-12-27(32)25-18-16-24(17-19-25)23-10-4-3-5-11-23/h3-42H,1-2H3;3-22,34H,1-2H3. The van der Waals surface area contributed by atoms with E-state index < -0.39 is 5.41 Å². The van der Waals surface area contributed by atoms with Gasteiger partial charge in [-0.2, -0.15) is 0 Å². The highest BCUT2D eigenvalue weighted by atomic mass is 15.2. The molecule has 0 aromatic heterocycles. The number of rotatable bonds is 10. The normalized spacial score (nSPS) is 13.8. The molecule has 0 amide bonds. The van der Waals surface area contributed by atoms with E-state index >= 15 is 0 Å². The number of hydrogen-bond acceptors (Lipinski definition) is 3. The molecule has 15 aromatic rings. The predicted molar refractivity (Wildman–Crippen MR) is 420 cm³/mol. The largest absolute Gasteiger partial charge is 0.355 e. The van der Waals surface area contributed by atoms with Gasteiger partial charge < -0.3 is 15.1 Å². The first-order chi connectivity index (χ1) is 49.1. The summed E-state index contributed by atoms with van der Waals surface area (Å²) in [5.41, 5.74) is 36.6. The first-order valence-corrected chi connectivity index (χ1v) is 35.0. The molecule has 1 N–H and O–H groups in total. The van der Waals surface area contributed by atoms with Gasteiger partial charge in [-0.3, -0.25) is 0 Å². The Labute approximate surface area is 587 Å². The highest BCUT2D eigenvalue weighted by molar-refractivity contribution is 5.99. The molecular formula is C97H73N3. The number of para-hydroxylation sites is 5. The van der Waals surface area contributed by atoms with Crippen LogP contribution < -0.4 is 15.1 Å². The molecule has 3 aliphatic carbocycles. The van der Waals surface area contributed by atoms with Crippen LogP contribution in [-0.2, 0) is 16.2 Å². The summed E-state index contributed by atoms with van der Waals surface area (Å²) in [4.78, 5) is 4.98. The molecule has 19 rings (SSSR count). The Morgan fingerprint density at radius 3 is 1.16 bits per heavy atom. The smallest absolute Gasteiger partial charge is 0.0755 e. The summed E-state index contributed by atoms with van der Waals surface area (Å²) < 4.78 is 0. The Kier molecular flexibility index (Phi) is 14.5. The van der Waals surface area contributed by atoms with Crippen molar-refractivity contribution in [2.24, 2.45) is 0 Å². The highest BCUT2D eigenvalue weighted by Gasteiger charge is 2.52. The van der Waals surface area contributed by atoms with Gasteiger partial charge in [-0.25, -0.2) is 0 Å². The van der Waals surface area contributed by atoms with Gasteiger partial charge in [0, 0.05) is 50.4 Å². The van der Waals surface area contributed by atoms with E-state index in [1.165, 1.54) is 134 Å². The van der Waals surface area contributed by atoms with Gasteiger partial charge in [0.25, 0.3) is 0 Å². The molecule has 3 nitrogen and oxygen atoms in total. The average molecular weight is 1280 g/mol. The van der Waals surface area contributed by atoms with Crippen molar-refractivity contribution in [2.45, 2.75) is 43.9 Å². The van der Waals surface area contributed by atoms with Crippen LogP contribution >= 0.6 is 0 Å². The third-order valence-corrected chi connectivity index (χ3v) is 21.8. The molecule has 3 heteroatoms. The van der Waals surface area contributed by atoms with Crippen molar-refractivity contribution >= 4 is 45.5 Å². The predicted octanol–water partition coefficient (Wildman–Crippen LogP) is 26.0. The first kappa shape index (κ1) is 60.1. The second kappa shape index (κ2) is 24.1. The molecule has 1 spiro atoms. The van der Waals surface area contributed by atoms with Crippen molar-refractivity contribution in [1.29, 1.82) is 0 Å². The molecule has 1 aliphatic heterocycles. The van der Waals surface area contributed by atoms with Crippen LogP contribution in [0.4, 0.5) is 45.5 Å². The number of nitrogens with zero attached hydrogens (tertiary/aromatic N) is 2. The summed E-state index contributed by atoms with van der Waals surface area (Å²) in [6.07, 6.45) is 0. The van der Waals surface area contributed by atoms with Crippen molar-refractivity contribution in [2.75, 3.05) is 15.1 Å². The molecule has 0 fully saturated rings. The molecule has 100 heavy (non-hydrogen) atoms. The zero-order valence-corrected chi connectivity index (χ0v) is 56.5. The molecule has 0 unspecified atom stereocenters. The third kappa shape index (κ3) is 9.70. The third-order valence-electron chi connectivity index (χ3n) is 21.8. The molecule has 0 saturated carbocycles. The van der Waals surface area contributed by atoms with Gasteiger partial charge in [0.05, 0.1) is 22.5 Å². The Morgan fingerprint density at radius 1 is 0.250 bits per heavy atom. The topological polar surface area (TPSA) is 18.5 Å². The Morgan fingerprint density at radius 2 is 0.610 bits per heavy atom. The molecule has 1 heterocycles. The van der Waals surface area contributed by atoms with E-state index in [0.29, 0.717) is 0 Å². The lowest BCUT2D eigenvalue weighted by Crippen LogP contribution is -2.36. The maximum Gasteiger partial charge on any atom is 0.0755 e. The van der Waals surface area contributed by atoms with Gasteiger partial charge in [0.15, 0.2) is 0 Å². The number of fused-ring (bicyclic) bond motifs is 15. The molecule has 0 atom stereocenters. The summed E-state index contributed by atoms with van der Waals surface area (Å²) in [7, 11) is 0. The van der Waals surface area contributed by atoms with Crippen molar-refractivity contribution in [3.63, 3.8) is 0 Å². The van der Waals surface area contributed by atoms with E-state index in [2.05, 4.69) is 407 Å². The van der Waals surface area contributed by atoms with Crippen LogP contribution in [0.15, 0.2) is 364 Å². The van der Waals surface area contributed by atoms with E-state index in [-0.39, 0.29) is 10.8 Å². The Balaban J connectivity index is 0.000000178. The summed E-state index contributed by atoms with van der Waals surface area (Å²) in [6.45, 7) is 9.40. The lowest BCUT2D eigenvalue weighted by atomic mass is 9.64. The van der Waals surface area contributed by atoms with E-state index in [9.17, 15) is 0 Å². The SMILES string of the molecule is CC1(C)c2ccccc2-c2ccc(N(c3ccc4c(c3)C3(c5ccccc5-4)c4ccccc4N(c4ccccc4)c4ccccc43)c3ccccc3-c3ccc(-c4ccccc4)cc3)cc21.CC1(C)c2ccccc2-c2ccc(Nc3ccccc3-c3ccc(-c4ccccc4)cc3)cc21. The zero-order chi connectivity index (χ0) is 67.1. The van der Waals surface area contributed by atoms with Crippen molar-refractivity contribution in [3.8, 4) is 77.9 Å². The first-order valence-electron chi connectivity index (χ1n) is 35.0. The van der Waals surface area contributed by atoms with Crippen molar-refractivity contribution in [1.82, 2.24) is 0 Å². The fourth-order valence-corrected chi connectivity index (χ4v) is 17.0. The average Bonchev–Trinajstić information content (AvgIpc) is 1.43. The van der Waals surface area contributed by atoms with Crippen LogP contribution in [-0.4, -0.2) is 0 Å². The fraction of sp³-hybridized carbons (Fsp3) is 0.0722. The summed E-state index contributed by atoms with van der Waals surface area (Å²) in [5.74, 6) is 0. The van der Waals surface area contributed by atoms with Crippen LogP contribution in [0, 0.1) is 0 Å². The van der Waals surface area contributed by atoms with Crippen LogP contribution in [0.2, 0.25) is 0 Å². The molecule has 0 radical (unpaired) electrons. The van der Waals surface area contributed by atoms with Crippen LogP contribution in [0.1, 0.15) is 72.2 Å². The number of benzene rings is 15. The van der Waals surface area contributed by atoms with Crippen molar-refractivity contribution < 1.29 is 0 Å². The summed E-state index contributed by atoms with van der Waals surface area (Å²) >= 11 is 0.